The highest BCUT2D eigenvalue weighted by molar-refractivity contribution is 7.79. The van der Waals surface area contributed by atoms with Crippen LogP contribution in [0.3, 0.4) is 0 Å². The molecule has 59 heavy (non-hydrogen) atoms. The smallest absolute Gasteiger partial charge is 0.164 e. The van der Waals surface area contributed by atoms with Crippen molar-refractivity contribution in [3.05, 3.63) is 199 Å². The summed E-state index contributed by atoms with van der Waals surface area (Å²) in [6, 6.07) is 62.1. The van der Waals surface area contributed by atoms with Gasteiger partial charge in [-0.25, -0.2) is 24.3 Å². The molecule has 0 atom stereocenters. The number of fused-ring (bicyclic) bond motifs is 3. The number of rotatable bonds is 7. The van der Waals surface area contributed by atoms with Crippen LogP contribution in [0.5, 0.6) is 0 Å². The highest BCUT2D eigenvalue weighted by Crippen LogP contribution is 2.36. The minimum absolute atomic E-state index is 0.336. The average Bonchev–Trinajstić information content (AvgIpc) is 3.32. The van der Waals surface area contributed by atoms with Crippen LogP contribution in [0.25, 0.3) is 95.8 Å². The maximum atomic E-state index is 8.95. The summed E-state index contributed by atoms with van der Waals surface area (Å²) in [5.74, 6) is 1.79. The quantitative estimate of drug-likeness (QED) is 0.158. The molecule has 2 aromatic heterocycles. The lowest BCUT2D eigenvalue weighted by molar-refractivity contribution is 1.07. The van der Waals surface area contributed by atoms with Crippen LogP contribution in [0.4, 0.5) is 0 Å². The van der Waals surface area contributed by atoms with Crippen LogP contribution in [0, 0.1) is 5.41 Å². The Balaban J connectivity index is 1.05. The molecule has 6 nitrogen and oxygen atoms in total. The second-order valence-corrected chi connectivity index (χ2v) is 14.5. The van der Waals surface area contributed by atoms with E-state index in [1.807, 2.05) is 78.9 Å². The maximum Gasteiger partial charge on any atom is 0.164 e. The summed E-state index contributed by atoms with van der Waals surface area (Å²) in [6.07, 6.45) is 3.82. The fourth-order valence-corrected chi connectivity index (χ4v) is 7.86. The lowest BCUT2D eigenvalue weighted by Crippen LogP contribution is -2.18. The van der Waals surface area contributed by atoms with E-state index >= 15 is 0 Å². The van der Waals surface area contributed by atoms with Crippen molar-refractivity contribution in [2.75, 3.05) is 0 Å². The van der Waals surface area contributed by atoms with Gasteiger partial charge in [-0.05, 0) is 82.6 Å². The van der Waals surface area contributed by atoms with Crippen molar-refractivity contribution < 1.29 is 0 Å². The molecular weight excluding hydrogens is 741 g/mol. The van der Waals surface area contributed by atoms with Crippen LogP contribution in [-0.4, -0.2) is 31.4 Å². The molecule has 9 aromatic rings. The van der Waals surface area contributed by atoms with E-state index in [0.717, 1.165) is 83.4 Å². The summed E-state index contributed by atoms with van der Waals surface area (Å²) in [4.78, 5) is 20.4. The van der Waals surface area contributed by atoms with Gasteiger partial charge in [0, 0.05) is 38.8 Å². The molecule has 2 heterocycles. The highest BCUT2D eigenvalue weighted by Gasteiger charge is 2.23. The molecule has 0 spiro atoms. The van der Waals surface area contributed by atoms with Gasteiger partial charge in [-0.1, -0.05) is 158 Å². The summed E-state index contributed by atoms with van der Waals surface area (Å²) in [5, 5.41) is 9.87. The predicted molar refractivity (Wildman–Crippen MR) is 245 cm³/mol. The molecule has 0 aliphatic heterocycles. The monoisotopic (exact) mass is 774 g/mol. The molecule has 0 radical (unpaired) electrons. The van der Waals surface area contributed by atoms with Crippen molar-refractivity contribution in [2.24, 2.45) is 4.40 Å². The van der Waals surface area contributed by atoms with E-state index in [1.54, 1.807) is 0 Å². The average molecular weight is 775 g/mol. The number of para-hydroxylation sites is 1. The first kappa shape index (κ1) is 35.8. The summed E-state index contributed by atoms with van der Waals surface area (Å²) in [6.45, 7) is 0. The van der Waals surface area contributed by atoms with E-state index in [2.05, 4.69) is 132 Å². The standard InChI is InChI=1S/C52H34N6S/c53-48-46(58-59)29-28-44-47(48)43-22-7-8-23-45(43)54-49(44)36-26-24-35(25-27-36)39-18-11-21-42(32-39)52-56-50(40-19-9-16-37(30-40)33-12-3-1-4-13-33)55-51(57-52)41-20-10-17-38(31-41)34-14-5-2-6-15-34/h1-32,53,59H. The van der Waals surface area contributed by atoms with Gasteiger partial charge in [0.05, 0.1) is 22.6 Å². The zero-order chi connectivity index (χ0) is 39.7. The van der Waals surface area contributed by atoms with Gasteiger partial charge in [-0.15, -0.1) is 0 Å². The lowest BCUT2D eigenvalue weighted by Gasteiger charge is -2.19. The van der Waals surface area contributed by atoms with Gasteiger partial charge in [-0.3, -0.25) is 5.41 Å². The van der Waals surface area contributed by atoms with Crippen molar-refractivity contribution in [3.8, 4) is 78.8 Å². The topological polar surface area (TPSA) is 87.8 Å². The Bertz CT molecular complexity index is 3020. The number of benzene rings is 7. The van der Waals surface area contributed by atoms with Gasteiger partial charge in [-0.2, -0.15) is 0 Å². The van der Waals surface area contributed by atoms with Crippen LogP contribution in [0.2, 0.25) is 0 Å². The lowest BCUT2D eigenvalue weighted by atomic mass is 9.88. The summed E-state index contributed by atoms with van der Waals surface area (Å²) < 4.78 is 4.05. The molecule has 1 aliphatic rings. The van der Waals surface area contributed by atoms with E-state index in [0.29, 0.717) is 28.9 Å². The Kier molecular flexibility index (Phi) is 9.33. The number of aromatic nitrogens is 4. The molecule has 7 heteroatoms. The third-order valence-corrected chi connectivity index (χ3v) is 10.9. The van der Waals surface area contributed by atoms with Crippen molar-refractivity contribution in [1.82, 2.24) is 19.9 Å². The molecule has 0 fully saturated rings. The molecule has 0 bridgehead atoms. The number of nitrogens with zero attached hydrogens (tertiary/aromatic N) is 5. The molecular formula is C52H34N6S. The Morgan fingerprint density at radius 3 is 1.32 bits per heavy atom. The first-order valence-corrected chi connectivity index (χ1v) is 19.7. The molecule has 0 unspecified atom stereocenters. The van der Waals surface area contributed by atoms with Gasteiger partial charge in [0.25, 0.3) is 0 Å². The van der Waals surface area contributed by atoms with Crippen LogP contribution >= 0.6 is 12.8 Å². The Morgan fingerprint density at radius 2 is 0.814 bits per heavy atom. The molecule has 0 saturated carbocycles. The number of thiol groups is 1. The second kappa shape index (κ2) is 15.4. The number of allylic oxidation sites excluding steroid dienone is 1. The number of hydrogen-bond acceptors (Lipinski definition) is 7. The summed E-state index contributed by atoms with van der Waals surface area (Å²) in [5.41, 5.74) is 14.4. The van der Waals surface area contributed by atoms with E-state index in [-0.39, 0.29) is 0 Å². The third-order valence-electron chi connectivity index (χ3n) is 10.7. The van der Waals surface area contributed by atoms with Crippen LogP contribution in [0.15, 0.2) is 192 Å². The van der Waals surface area contributed by atoms with Crippen molar-refractivity contribution in [3.63, 3.8) is 0 Å². The molecule has 1 N–H and O–H groups in total. The Morgan fingerprint density at radius 1 is 0.390 bits per heavy atom. The molecule has 10 rings (SSSR count). The van der Waals surface area contributed by atoms with Gasteiger partial charge < -0.3 is 0 Å². The fraction of sp³-hybridized carbons (Fsp3) is 0. The predicted octanol–water partition coefficient (Wildman–Crippen LogP) is 12.8. The summed E-state index contributed by atoms with van der Waals surface area (Å²) >= 11 is 4.13. The SMILES string of the molecule is N=C1C(=NS)C=Cc2c(-c3ccc(-c4cccc(-c5nc(-c6cccc(-c7ccccc7)c6)nc(-c6cccc(-c7ccccc7)c6)n5)c4)cc3)nc3ccccc3c21. The minimum Gasteiger partial charge on any atom is -0.298 e. The number of nitrogens with one attached hydrogen (secondary N) is 1. The fourth-order valence-electron chi connectivity index (χ4n) is 7.69. The second-order valence-electron chi connectivity index (χ2n) is 14.3. The molecule has 0 amide bonds. The van der Waals surface area contributed by atoms with Crippen molar-refractivity contribution in [2.45, 2.75) is 0 Å². The van der Waals surface area contributed by atoms with E-state index < -0.39 is 0 Å². The summed E-state index contributed by atoms with van der Waals surface area (Å²) in [7, 11) is 0. The molecule has 278 valence electrons. The van der Waals surface area contributed by atoms with E-state index in [4.69, 9.17) is 25.3 Å². The van der Waals surface area contributed by atoms with Gasteiger partial charge in [0.1, 0.15) is 0 Å². The van der Waals surface area contributed by atoms with Gasteiger partial charge in [0.15, 0.2) is 17.5 Å². The molecule has 1 aliphatic carbocycles. The van der Waals surface area contributed by atoms with E-state index in [1.165, 1.54) is 0 Å². The Hall–Kier alpha value is -7.61. The largest absolute Gasteiger partial charge is 0.298 e. The minimum atomic E-state index is 0.336. The van der Waals surface area contributed by atoms with Crippen LogP contribution in [0.1, 0.15) is 11.1 Å². The van der Waals surface area contributed by atoms with Crippen molar-refractivity contribution >= 4 is 41.2 Å². The van der Waals surface area contributed by atoms with Crippen molar-refractivity contribution in [1.29, 1.82) is 5.41 Å². The van der Waals surface area contributed by atoms with Crippen LogP contribution < -0.4 is 0 Å². The van der Waals surface area contributed by atoms with Crippen LogP contribution in [-0.2, 0) is 0 Å². The number of pyridine rings is 1. The molecule has 7 aromatic carbocycles. The zero-order valence-electron chi connectivity index (χ0n) is 31.7. The highest BCUT2D eigenvalue weighted by atomic mass is 32.1. The number of hydrogen-bond donors (Lipinski definition) is 2. The molecule has 0 saturated heterocycles. The normalized spacial score (nSPS) is 12.8. The van der Waals surface area contributed by atoms with Gasteiger partial charge in [0.2, 0.25) is 0 Å². The zero-order valence-corrected chi connectivity index (χ0v) is 32.6. The first-order valence-electron chi connectivity index (χ1n) is 19.3. The maximum absolute atomic E-state index is 8.95. The first-order chi connectivity index (χ1) is 29.1. The third kappa shape index (κ3) is 6.94. The Labute approximate surface area is 347 Å². The van der Waals surface area contributed by atoms with Gasteiger partial charge >= 0.3 is 0 Å². The van der Waals surface area contributed by atoms with E-state index in [9.17, 15) is 0 Å².